The van der Waals surface area contributed by atoms with Crippen molar-refractivity contribution in [1.29, 1.82) is 0 Å². The van der Waals surface area contributed by atoms with E-state index in [1.807, 2.05) is 6.08 Å². The molecule has 0 aromatic heterocycles. The molecule has 1 amide bonds. The van der Waals surface area contributed by atoms with Gasteiger partial charge in [-0.1, -0.05) is 256 Å². The van der Waals surface area contributed by atoms with Gasteiger partial charge in [-0.25, -0.2) is 0 Å². The number of ether oxygens (including phenoxy) is 2. The van der Waals surface area contributed by atoms with E-state index >= 15 is 0 Å². The summed E-state index contributed by atoms with van der Waals surface area (Å²) in [6.07, 6.45) is 57.9. The van der Waals surface area contributed by atoms with Crippen LogP contribution in [0.3, 0.4) is 0 Å². The second-order valence-electron chi connectivity index (χ2n) is 20.8. The van der Waals surface area contributed by atoms with Gasteiger partial charge in [0.15, 0.2) is 6.29 Å². The van der Waals surface area contributed by atoms with E-state index in [9.17, 15) is 30.3 Å². The summed E-state index contributed by atoms with van der Waals surface area (Å²) in [5, 5.41) is 54.5. The Morgan fingerprint density at radius 3 is 1.22 bits per heavy atom. The van der Waals surface area contributed by atoms with E-state index in [1.165, 1.54) is 225 Å². The normalized spacial score (nSPS) is 19.7. The Morgan fingerprint density at radius 2 is 0.826 bits per heavy atom. The third kappa shape index (κ3) is 39.6. The summed E-state index contributed by atoms with van der Waals surface area (Å²) in [5.74, 6) is -0.185. The number of nitrogens with one attached hydrogen (secondary N) is 1. The molecule has 1 saturated heterocycles. The summed E-state index contributed by atoms with van der Waals surface area (Å²) in [5.41, 5.74) is 0. The van der Waals surface area contributed by atoms with E-state index in [4.69, 9.17) is 9.47 Å². The van der Waals surface area contributed by atoms with E-state index in [-0.39, 0.29) is 12.5 Å². The third-order valence-corrected chi connectivity index (χ3v) is 14.2. The van der Waals surface area contributed by atoms with Crippen LogP contribution in [0.4, 0.5) is 0 Å². The Hall–Kier alpha value is -1.59. The molecule has 7 atom stereocenters. The zero-order valence-corrected chi connectivity index (χ0v) is 45.1. The monoisotopic (exact) mass is 976 g/mol. The van der Waals surface area contributed by atoms with E-state index in [0.29, 0.717) is 6.42 Å². The van der Waals surface area contributed by atoms with Gasteiger partial charge in [0.2, 0.25) is 5.91 Å². The molecule has 7 unspecified atom stereocenters. The number of aliphatic hydroxyl groups is 5. The maximum absolute atomic E-state index is 13.1. The molecule has 6 N–H and O–H groups in total. The number of aliphatic hydroxyl groups excluding tert-OH is 5. The van der Waals surface area contributed by atoms with Gasteiger partial charge >= 0.3 is 0 Å². The minimum Gasteiger partial charge on any atom is -0.394 e. The van der Waals surface area contributed by atoms with Crippen molar-refractivity contribution in [3.8, 4) is 0 Å². The SMILES string of the molecule is CCCCCCCCCCCCCC/C=C\CCCCCCCCCCCC(=O)NC(COC1OC(CO)C(O)C(O)C1O)C(O)/C=C/CC/C=C/CCCCCCCCCCCCCCCCC. The van der Waals surface area contributed by atoms with Crippen LogP contribution in [0.15, 0.2) is 36.5 Å². The molecule has 9 heteroatoms. The predicted octanol–water partition coefficient (Wildman–Crippen LogP) is 14.7. The van der Waals surface area contributed by atoms with Gasteiger partial charge in [-0.3, -0.25) is 4.79 Å². The van der Waals surface area contributed by atoms with Crippen molar-refractivity contribution in [2.24, 2.45) is 0 Å². The lowest BCUT2D eigenvalue weighted by molar-refractivity contribution is -0.302. The molecule has 0 bridgehead atoms. The lowest BCUT2D eigenvalue weighted by Crippen LogP contribution is -2.60. The van der Waals surface area contributed by atoms with Crippen LogP contribution in [-0.2, 0) is 14.3 Å². The van der Waals surface area contributed by atoms with Crippen LogP contribution in [0.25, 0.3) is 0 Å². The molecule has 0 aromatic rings. The number of amides is 1. The molecule has 0 radical (unpaired) electrons. The molecule has 1 aliphatic rings. The number of carbonyl (C=O) groups excluding carboxylic acids is 1. The minimum absolute atomic E-state index is 0.185. The van der Waals surface area contributed by atoms with Gasteiger partial charge in [-0.05, 0) is 57.8 Å². The van der Waals surface area contributed by atoms with Gasteiger partial charge in [0.1, 0.15) is 24.4 Å². The summed E-state index contributed by atoms with van der Waals surface area (Å²) in [6, 6.07) is -0.823. The van der Waals surface area contributed by atoms with Gasteiger partial charge in [0.05, 0.1) is 25.4 Å². The Kier molecular flexibility index (Phi) is 47.4. The summed E-state index contributed by atoms with van der Waals surface area (Å²) in [6.45, 7) is 3.80. The highest BCUT2D eigenvalue weighted by Crippen LogP contribution is 2.23. The van der Waals surface area contributed by atoms with Gasteiger partial charge < -0.3 is 40.3 Å². The van der Waals surface area contributed by atoms with Crippen LogP contribution in [0.2, 0.25) is 0 Å². The maximum Gasteiger partial charge on any atom is 0.220 e. The lowest BCUT2D eigenvalue weighted by atomic mass is 9.99. The lowest BCUT2D eigenvalue weighted by Gasteiger charge is -2.40. The van der Waals surface area contributed by atoms with Crippen molar-refractivity contribution in [2.75, 3.05) is 13.2 Å². The molecule has 69 heavy (non-hydrogen) atoms. The first-order chi connectivity index (χ1) is 33.8. The zero-order valence-electron chi connectivity index (χ0n) is 45.1. The Labute approximate surface area is 425 Å². The quantitative estimate of drug-likeness (QED) is 0.0261. The van der Waals surface area contributed by atoms with E-state index < -0.39 is 49.5 Å². The molecular weight excluding hydrogens is 863 g/mol. The summed E-state index contributed by atoms with van der Waals surface area (Å²) < 4.78 is 11.3. The average Bonchev–Trinajstić information content (AvgIpc) is 3.35. The Balaban J connectivity index is 2.23. The van der Waals surface area contributed by atoms with Crippen LogP contribution < -0.4 is 5.32 Å². The summed E-state index contributed by atoms with van der Waals surface area (Å²) >= 11 is 0. The number of allylic oxidation sites excluding steroid dienone is 5. The van der Waals surface area contributed by atoms with Crippen molar-refractivity contribution in [3.05, 3.63) is 36.5 Å². The highest BCUT2D eigenvalue weighted by Gasteiger charge is 2.44. The van der Waals surface area contributed by atoms with Gasteiger partial charge in [-0.15, -0.1) is 0 Å². The fraction of sp³-hybridized carbons (Fsp3) is 0.883. The molecule has 1 heterocycles. The van der Waals surface area contributed by atoms with Crippen LogP contribution in [0, 0.1) is 0 Å². The molecule has 0 aromatic carbocycles. The van der Waals surface area contributed by atoms with Crippen molar-refractivity contribution >= 4 is 5.91 Å². The van der Waals surface area contributed by atoms with E-state index in [0.717, 1.165) is 38.5 Å². The summed E-state index contributed by atoms with van der Waals surface area (Å²) in [4.78, 5) is 13.1. The Morgan fingerprint density at radius 1 is 0.478 bits per heavy atom. The fourth-order valence-electron chi connectivity index (χ4n) is 9.46. The molecular formula is C60H113NO8. The van der Waals surface area contributed by atoms with Crippen molar-refractivity contribution < 1.29 is 39.8 Å². The van der Waals surface area contributed by atoms with Crippen molar-refractivity contribution in [1.82, 2.24) is 5.32 Å². The predicted molar refractivity (Wildman–Crippen MR) is 290 cm³/mol. The van der Waals surface area contributed by atoms with Gasteiger partial charge in [0, 0.05) is 6.42 Å². The largest absolute Gasteiger partial charge is 0.394 e. The van der Waals surface area contributed by atoms with Crippen molar-refractivity contribution in [2.45, 2.75) is 326 Å². The molecule has 0 spiro atoms. The smallest absolute Gasteiger partial charge is 0.220 e. The maximum atomic E-state index is 13.1. The number of hydrogen-bond acceptors (Lipinski definition) is 8. The number of unbranched alkanes of at least 4 members (excludes halogenated alkanes) is 37. The first-order valence-corrected chi connectivity index (χ1v) is 29.7. The fourth-order valence-corrected chi connectivity index (χ4v) is 9.46. The molecule has 0 aliphatic carbocycles. The van der Waals surface area contributed by atoms with Crippen LogP contribution in [0.1, 0.15) is 284 Å². The molecule has 1 fully saturated rings. The number of rotatable bonds is 51. The first kappa shape index (κ1) is 65.4. The zero-order chi connectivity index (χ0) is 50.1. The second-order valence-corrected chi connectivity index (χ2v) is 20.8. The molecule has 1 rings (SSSR count). The molecule has 0 saturated carbocycles. The van der Waals surface area contributed by atoms with Crippen LogP contribution >= 0.6 is 0 Å². The number of hydrogen-bond donors (Lipinski definition) is 6. The standard InChI is InChI=1S/C60H113NO8/c1-3-5-7-9-11-13-15-17-19-21-23-25-26-27-28-30-32-34-36-38-40-42-44-46-48-50-56(64)61-53(52-68-60-59(67)58(66)57(65)55(51-62)69-60)54(63)49-47-45-43-41-39-37-35-33-31-29-24-22-20-18-16-14-12-10-8-6-4-2/h27-28,39,41,47,49,53-55,57-60,62-63,65-67H,3-26,29-38,40,42-46,48,50-52H2,1-2H3,(H,61,64)/b28-27-,41-39+,49-47+. The second kappa shape index (κ2) is 50.0. The molecule has 406 valence electrons. The Bertz CT molecular complexity index is 1180. The first-order valence-electron chi connectivity index (χ1n) is 29.7. The topological polar surface area (TPSA) is 149 Å². The van der Waals surface area contributed by atoms with Crippen molar-refractivity contribution in [3.63, 3.8) is 0 Å². The van der Waals surface area contributed by atoms with E-state index in [1.54, 1.807) is 6.08 Å². The average molecular weight is 977 g/mol. The van der Waals surface area contributed by atoms with Crippen LogP contribution in [0.5, 0.6) is 0 Å². The molecule has 1 aliphatic heterocycles. The summed E-state index contributed by atoms with van der Waals surface area (Å²) in [7, 11) is 0. The van der Waals surface area contributed by atoms with Gasteiger partial charge in [0.25, 0.3) is 0 Å². The highest BCUT2D eigenvalue weighted by molar-refractivity contribution is 5.76. The minimum atomic E-state index is -1.57. The van der Waals surface area contributed by atoms with Gasteiger partial charge in [-0.2, -0.15) is 0 Å². The number of carbonyl (C=O) groups is 1. The van der Waals surface area contributed by atoms with E-state index in [2.05, 4.69) is 43.5 Å². The highest BCUT2D eigenvalue weighted by atomic mass is 16.7. The van der Waals surface area contributed by atoms with Crippen LogP contribution in [-0.4, -0.2) is 87.5 Å². The third-order valence-electron chi connectivity index (χ3n) is 14.2. The molecule has 9 nitrogen and oxygen atoms in total.